The summed E-state index contributed by atoms with van der Waals surface area (Å²) in [5, 5.41) is 0. The summed E-state index contributed by atoms with van der Waals surface area (Å²) in [5.41, 5.74) is 1.84. The fourth-order valence-corrected chi connectivity index (χ4v) is 1.45. The van der Waals surface area contributed by atoms with Gasteiger partial charge in [0.05, 0.1) is 5.69 Å². The molecule has 0 saturated heterocycles. The van der Waals surface area contributed by atoms with Gasteiger partial charge in [-0.1, -0.05) is 18.2 Å². The quantitative estimate of drug-likeness (QED) is 0.596. The van der Waals surface area contributed by atoms with Crippen molar-refractivity contribution in [3.8, 4) is 0 Å². The van der Waals surface area contributed by atoms with Gasteiger partial charge in [-0.3, -0.25) is 9.78 Å². The molecule has 0 spiro atoms. The minimum Gasteiger partial charge on any atom is -0.298 e. The Morgan fingerprint density at radius 3 is 2.47 bits per heavy atom. The Hall–Kier alpha value is -2.29. The van der Waals surface area contributed by atoms with Gasteiger partial charge < -0.3 is 0 Å². The lowest BCUT2D eigenvalue weighted by Gasteiger charge is -2.00. The molecule has 0 radical (unpaired) electrons. The van der Waals surface area contributed by atoms with E-state index in [-0.39, 0.29) is 5.82 Å². The number of aromatic nitrogens is 1. The summed E-state index contributed by atoms with van der Waals surface area (Å²) in [4.78, 5) is 15.1. The number of aldehydes is 1. The molecule has 0 saturated carbocycles. The minimum absolute atomic E-state index is 0.322. The van der Waals surface area contributed by atoms with Crippen molar-refractivity contribution in [2.24, 2.45) is 0 Å². The summed E-state index contributed by atoms with van der Waals surface area (Å²) in [6.07, 6.45) is 4.06. The number of hydrogen-bond donors (Lipinski definition) is 0. The number of nitrogens with zero attached hydrogens (tertiary/aromatic N) is 1. The first-order valence-electron chi connectivity index (χ1n) is 5.13. The van der Waals surface area contributed by atoms with Crippen LogP contribution in [0.5, 0.6) is 0 Å². The number of rotatable bonds is 3. The second-order valence-corrected chi connectivity index (χ2v) is 3.48. The van der Waals surface area contributed by atoms with Gasteiger partial charge in [-0.05, 0) is 35.9 Å². The van der Waals surface area contributed by atoms with Gasteiger partial charge in [0.15, 0.2) is 6.29 Å². The summed E-state index contributed by atoms with van der Waals surface area (Å²) in [6, 6.07) is 11.2. The molecule has 0 bridgehead atoms. The van der Waals surface area contributed by atoms with E-state index in [9.17, 15) is 9.18 Å². The second-order valence-electron chi connectivity index (χ2n) is 3.48. The van der Waals surface area contributed by atoms with Crippen molar-refractivity contribution in [3.63, 3.8) is 0 Å². The molecule has 3 heteroatoms. The SMILES string of the molecule is O=C/C(=C\c1ccccn1)c1ccc(F)cc1. The largest absolute Gasteiger partial charge is 0.298 e. The molecule has 0 N–H and O–H groups in total. The van der Waals surface area contributed by atoms with E-state index in [1.165, 1.54) is 12.1 Å². The third-order valence-electron chi connectivity index (χ3n) is 2.30. The molecule has 17 heavy (non-hydrogen) atoms. The maximum atomic E-state index is 12.8. The highest BCUT2D eigenvalue weighted by Gasteiger charge is 2.01. The van der Waals surface area contributed by atoms with Crippen molar-refractivity contribution in [1.82, 2.24) is 4.98 Å². The van der Waals surface area contributed by atoms with E-state index in [1.807, 2.05) is 6.07 Å². The predicted octanol–water partition coefficient (Wildman–Crippen LogP) is 2.96. The smallest absolute Gasteiger partial charge is 0.150 e. The lowest BCUT2D eigenvalue weighted by atomic mass is 10.1. The number of carbonyl (C=O) groups is 1. The molecular formula is C14H10FNO. The Labute approximate surface area is 98.4 Å². The number of allylic oxidation sites excluding steroid dienone is 1. The van der Waals surface area contributed by atoms with Gasteiger partial charge in [-0.25, -0.2) is 4.39 Å². The normalized spacial score (nSPS) is 11.2. The van der Waals surface area contributed by atoms with Gasteiger partial charge in [0, 0.05) is 11.8 Å². The molecule has 1 aromatic carbocycles. The molecule has 0 unspecified atom stereocenters. The molecule has 0 amide bonds. The summed E-state index contributed by atoms with van der Waals surface area (Å²) in [5.74, 6) is -0.322. The third kappa shape index (κ3) is 2.84. The van der Waals surface area contributed by atoms with Crippen molar-refractivity contribution in [2.75, 3.05) is 0 Å². The molecule has 2 aromatic rings. The predicted molar refractivity (Wildman–Crippen MR) is 64.6 cm³/mol. The Morgan fingerprint density at radius 1 is 1.12 bits per heavy atom. The Kier molecular flexibility index (Phi) is 3.40. The van der Waals surface area contributed by atoms with Gasteiger partial charge in [0.1, 0.15) is 5.82 Å². The maximum absolute atomic E-state index is 12.8. The molecular weight excluding hydrogens is 217 g/mol. The summed E-state index contributed by atoms with van der Waals surface area (Å²) < 4.78 is 12.8. The van der Waals surface area contributed by atoms with Crippen LogP contribution in [-0.2, 0) is 4.79 Å². The van der Waals surface area contributed by atoms with Crippen LogP contribution in [0.3, 0.4) is 0 Å². The number of carbonyl (C=O) groups excluding carboxylic acids is 1. The first-order valence-corrected chi connectivity index (χ1v) is 5.13. The Morgan fingerprint density at radius 2 is 1.88 bits per heavy atom. The minimum atomic E-state index is -0.322. The van der Waals surface area contributed by atoms with Crippen molar-refractivity contribution < 1.29 is 9.18 Å². The van der Waals surface area contributed by atoms with E-state index in [0.29, 0.717) is 16.8 Å². The highest BCUT2D eigenvalue weighted by Crippen LogP contribution is 2.15. The molecule has 2 rings (SSSR count). The van der Waals surface area contributed by atoms with Crippen LogP contribution in [0.25, 0.3) is 11.6 Å². The average molecular weight is 227 g/mol. The topological polar surface area (TPSA) is 30.0 Å². The average Bonchev–Trinajstić information content (AvgIpc) is 2.38. The van der Waals surface area contributed by atoms with Gasteiger partial charge in [0.2, 0.25) is 0 Å². The standard InChI is InChI=1S/C14H10FNO/c15-13-6-4-11(5-7-13)12(10-17)9-14-3-1-2-8-16-14/h1-10H/b12-9+. The zero-order valence-electron chi connectivity index (χ0n) is 9.01. The van der Waals surface area contributed by atoms with Crippen LogP contribution in [0.2, 0.25) is 0 Å². The number of hydrogen-bond acceptors (Lipinski definition) is 2. The van der Waals surface area contributed by atoms with Crippen LogP contribution in [-0.4, -0.2) is 11.3 Å². The van der Waals surface area contributed by atoms with E-state index < -0.39 is 0 Å². The fourth-order valence-electron chi connectivity index (χ4n) is 1.45. The summed E-state index contributed by atoms with van der Waals surface area (Å²) in [6.45, 7) is 0. The molecule has 0 aliphatic heterocycles. The van der Waals surface area contributed by atoms with E-state index >= 15 is 0 Å². The van der Waals surface area contributed by atoms with E-state index in [1.54, 1.807) is 36.5 Å². The lowest BCUT2D eigenvalue weighted by Crippen LogP contribution is -1.88. The van der Waals surface area contributed by atoms with Crippen LogP contribution >= 0.6 is 0 Å². The van der Waals surface area contributed by atoms with Crippen LogP contribution in [0.1, 0.15) is 11.3 Å². The van der Waals surface area contributed by atoms with Crippen molar-refractivity contribution in [1.29, 1.82) is 0 Å². The lowest BCUT2D eigenvalue weighted by molar-refractivity contribution is -0.103. The first kappa shape index (κ1) is 11.2. The second kappa shape index (κ2) is 5.16. The zero-order chi connectivity index (χ0) is 12.1. The Bertz CT molecular complexity index is 532. The summed E-state index contributed by atoms with van der Waals surface area (Å²) in [7, 11) is 0. The van der Waals surface area contributed by atoms with Crippen LogP contribution < -0.4 is 0 Å². The zero-order valence-corrected chi connectivity index (χ0v) is 9.01. The molecule has 0 aliphatic carbocycles. The number of benzene rings is 1. The van der Waals surface area contributed by atoms with E-state index in [4.69, 9.17) is 0 Å². The van der Waals surface area contributed by atoms with E-state index in [2.05, 4.69) is 4.98 Å². The van der Waals surface area contributed by atoms with Crippen LogP contribution in [0.15, 0.2) is 48.7 Å². The molecule has 0 atom stereocenters. The highest BCUT2D eigenvalue weighted by molar-refractivity contribution is 6.13. The van der Waals surface area contributed by atoms with Gasteiger partial charge in [0.25, 0.3) is 0 Å². The van der Waals surface area contributed by atoms with Crippen molar-refractivity contribution in [3.05, 3.63) is 65.7 Å². The monoisotopic (exact) mass is 227 g/mol. The number of pyridine rings is 1. The van der Waals surface area contributed by atoms with Crippen molar-refractivity contribution in [2.45, 2.75) is 0 Å². The van der Waals surface area contributed by atoms with E-state index in [0.717, 1.165) is 6.29 Å². The number of halogens is 1. The molecule has 0 aliphatic rings. The Balaban J connectivity index is 2.37. The van der Waals surface area contributed by atoms with Gasteiger partial charge >= 0.3 is 0 Å². The van der Waals surface area contributed by atoms with Gasteiger partial charge in [-0.2, -0.15) is 0 Å². The maximum Gasteiger partial charge on any atom is 0.150 e. The van der Waals surface area contributed by atoms with Crippen LogP contribution in [0.4, 0.5) is 4.39 Å². The third-order valence-corrected chi connectivity index (χ3v) is 2.30. The molecule has 2 nitrogen and oxygen atoms in total. The van der Waals surface area contributed by atoms with Crippen molar-refractivity contribution >= 4 is 17.9 Å². The first-order chi connectivity index (χ1) is 8.29. The molecule has 0 fully saturated rings. The highest BCUT2D eigenvalue weighted by atomic mass is 19.1. The van der Waals surface area contributed by atoms with Crippen LogP contribution in [0, 0.1) is 5.82 Å². The molecule has 1 heterocycles. The summed E-state index contributed by atoms with van der Waals surface area (Å²) >= 11 is 0. The molecule has 1 aromatic heterocycles. The molecule has 84 valence electrons. The fraction of sp³-hybridized carbons (Fsp3) is 0. The van der Waals surface area contributed by atoms with Gasteiger partial charge in [-0.15, -0.1) is 0 Å².